The van der Waals surface area contributed by atoms with Crippen LogP contribution in [0.1, 0.15) is 10.4 Å². The summed E-state index contributed by atoms with van der Waals surface area (Å²) in [4.78, 5) is 20.7. The second kappa shape index (κ2) is 4.46. The Bertz CT molecular complexity index is 638. The molecule has 1 N–H and O–H groups in total. The average molecular weight is 268 g/mol. The molecule has 18 heavy (non-hydrogen) atoms. The molecular formula is C10H6ClN3O4. The first-order valence-electron chi connectivity index (χ1n) is 4.71. The Kier molecular flexibility index (Phi) is 2.99. The van der Waals surface area contributed by atoms with Crippen LogP contribution < -0.4 is 0 Å². The predicted molar refractivity (Wildman–Crippen MR) is 62.2 cm³/mol. The van der Waals surface area contributed by atoms with Crippen molar-refractivity contribution in [3.05, 3.63) is 51.3 Å². The third kappa shape index (κ3) is 2.16. The first-order chi connectivity index (χ1) is 8.49. The molecule has 2 aromatic rings. The maximum Gasteiger partial charge on any atom is 0.335 e. The van der Waals surface area contributed by atoms with Crippen LogP contribution in [-0.4, -0.2) is 25.8 Å². The number of hydrogen-bond donors (Lipinski definition) is 1. The molecule has 0 saturated heterocycles. The molecule has 1 heterocycles. The summed E-state index contributed by atoms with van der Waals surface area (Å²) < 4.78 is 1.21. The summed E-state index contributed by atoms with van der Waals surface area (Å²) in [6.07, 6.45) is 2.28. The summed E-state index contributed by atoms with van der Waals surface area (Å²) in [5.41, 5.74) is 0.230. The maximum atomic E-state index is 10.7. The molecule has 0 amide bonds. The van der Waals surface area contributed by atoms with Crippen LogP contribution in [0.15, 0.2) is 30.6 Å². The van der Waals surface area contributed by atoms with Gasteiger partial charge in [-0.05, 0) is 18.2 Å². The van der Waals surface area contributed by atoms with Gasteiger partial charge in [0.15, 0.2) is 0 Å². The van der Waals surface area contributed by atoms with Crippen molar-refractivity contribution in [2.45, 2.75) is 0 Å². The number of carbonyl (C=O) groups is 1. The van der Waals surface area contributed by atoms with Crippen molar-refractivity contribution >= 4 is 23.3 Å². The van der Waals surface area contributed by atoms with E-state index < -0.39 is 10.9 Å². The van der Waals surface area contributed by atoms with Gasteiger partial charge in [0.1, 0.15) is 12.4 Å². The highest BCUT2D eigenvalue weighted by Crippen LogP contribution is 2.23. The zero-order valence-electron chi connectivity index (χ0n) is 8.78. The second-order valence-electron chi connectivity index (χ2n) is 3.37. The van der Waals surface area contributed by atoms with Gasteiger partial charge in [-0.1, -0.05) is 11.6 Å². The fourth-order valence-corrected chi connectivity index (χ4v) is 1.63. The van der Waals surface area contributed by atoms with E-state index >= 15 is 0 Å². The van der Waals surface area contributed by atoms with Gasteiger partial charge in [0, 0.05) is 0 Å². The van der Waals surface area contributed by atoms with Gasteiger partial charge >= 0.3 is 11.7 Å². The lowest BCUT2D eigenvalue weighted by molar-refractivity contribution is -0.384. The molecular weight excluding hydrogens is 262 g/mol. The van der Waals surface area contributed by atoms with Crippen molar-refractivity contribution < 1.29 is 14.8 Å². The molecule has 0 spiro atoms. The lowest BCUT2D eigenvalue weighted by atomic mass is 10.2. The number of hydrogen-bond acceptors (Lipinski definition) is 4. The monoisotopic (exact) mass is 267 g/mol. The predicted octanol–water partition coefficient (Wildman–Crippen LogP) is 2.13. The molecule has 1 aromatic heterocycles. The van der Waals surface area contributed by atoms with E-state index in [1.807, 2.05) is 0 Å². The van der Waals surface area contributed by atoms with E-state index in [1.54, 1.807) is 0 Å². The lowest BCUT2D eigenvalue weighted by Gasteiger charge is -2.04. The summed E-state index contributed by atoms with van der Waals surface area (Å²) >= 11 is 5.90. The highest BCUT2D eigenvalue weighted by Gasteiger charge is 2.13. The Labute approximate surface area is 105 Å². The fraction of sp³-hybridized carbons (Fsp3) is 0. The highest BCUT2D eigenvalue weighted by atomic mass is 35.5. The smallest absolute Gasteiger partial charge is 0.335 e. The number of benzene rings is 1. The molecule has 0 aliphatic heterocycles. The molecule has 0 saturated carbocycles. The molecule has 7 nitrogen and oxygen atoms in total. The van der Waals surface area contributed by atoms with Crippen molar-refractivity contribution in [2.24, 2.45) is 0 Å². The average Bonchev–Trinajstić information content (AvgIpc) is 2.78. The van der Waals surface area contributed by atoms with Gasteiger partial charge in [-0.3, -0.25) is 10.1 Å². The van der Waals surface area contributed by atoms with Crippen LogP contribution in [0.2, 0.25) is 5.02 Å². The Hall–Kier alpha value is -2.41. The summed E-state index contributed by atoms with van der Waals surface area (Å²) in [7, 11) is 0. The summed E-state index contributed by atoms with van der Waals surface area (Å²) in [5, 5.41) is 23.2. The van der Waals surface area contributed by atoms with Crippen LogP contribution in [0.4, 0.5) is 5.69 Å². The number of aromatic nitrogens is 2. The number of aromatic carboxylic acids is 1. The maximum absolute atomic E-state index is 10.7. The van der Waals surface area contributed by atoms with Crippen LogP contribution in [0.3, 0.4) is 0 Å². The molecule has 8 heteroatoms. The largest absolute Gasteiger partial charge is 0.478 e. The molecule has 0 bridgehead atoms. The first-order valence-corrected chi connectivity index (χ1v) is 5.09. The van der Waals surface area contributed by atoms with E-state index in [0.29, 0.717) is 5.69 Å². The second-order valence-corrected chi connectivity index (χ2v) is 3.78. The Morgan fingerprint density at radius 2 is 2.22 bits per heavy atom. The van der Waals surface area contributed by atoms with Crippen molar-refractivity contribution in [2.75, 3.05) is 0 Å². The minimum atomic E-state index is -1.10. The zero-order chi connectivity index (χ0) is 13.3. The van der Waals surface area contributed by atoms with E-state index in [-0.39, 0.29) is 16.3 Å². The first kappa shape index (κ1) is 12.1. The van der Waals surface area contributed by atoms with Crippen molar-refractivity contribution in [1.82, 2.24) is 9.78 Å². The summed E-state index contributed by atoms with van der Waals surface area (Å²) in [6.45, 7) is 0. The number of rotatable bonds is 3. The van der Waals surface area contributed by atoms with E-state index in [9.17, 15) is 14.9 Å². The number of halogens is 1. The number of nitrogens with zero attached hydrogens (tertiary/aromatic N) is 3. The highest BCUT2D eigenvalue weighted by molar-refractivity contribution is 6.32. The minimum absolute atomic E-state index is 0.0328. The third-order valence-electron chi connectivity index (χ3n) is 2.22. The van der Waals surface area contributed by atoms with E-state index in [2.05, 4.69) is 5.10 Å². The molecule has 1 aromatic carbocycles. The van der Waals surface area contributed by atoms with Gasteiger partial charge in [0.05, 0.1) is 21.2 Å². The molecule has 0 fully saturated rings. The van der Waals surface area contributed by atoms with E-state index in [0.717, 1.165) is 6.20 Å². The lowest BCUT2D eigenvalue weighted by Crippen LogP contribution is -2.00. The number of nitro groups is 1. The molecule has 92 valence electrons. The van der Waals surface area contributed by atoms with Crippen LogP contribution in [0.25, 0.3) is 5.69 Å². The summed E-state index contributed by atoms with van der Waals surface area (Å²) in [6, 6.07) is 4.03. The van der Waals surface area contributed by atoms with Crippen molar-refractivity contribution in [3.8, 4) is 5.69 Å². The van der Waals surface area contributed by atoms with Crippen LogP contribution in [0, 0.1) is 10.1 Å². The van der Waals surface area contributed by atoms with Crippen LogP contribution in [0.5, 0.6) is 0 Å². The SMILES string of the molecule is O=C(O)c1ccc(-n2cc([N+](=O)[O-])cn2)c(Cl)c1. The van der Waals surface area contributed by atoms with Crippen molar-refractivity contribution in [3.63, 3.8) is 0 Å². The van der Waals surface area contributed by atoms with E-state index in [4.69, 9.17) is 16.7 Å². The van der Waals surface area contributed by atoms with E-state index in [1.165, 1.54) is 29.1 Å². The standard InChI is InChI=1S/C10H6ClN3O4/c11-8-3-6(10(15)16)1-2-9(8)13-5-7(4-12-13)14(17)18/h1-5H,(H,15,16). The fourth-order valence-electron chi connectivity index (χ4n) is 1.37. The Balaban J connectivity index is 2.44. The molecule has 0 aliphatic carbocycles. The van der Waals surface area contributed by atoms with Crippen LogP contribution in [-0.2, 0) is 0 Å². The normalized spacial score (nSPS) is 10.3. The molecule has 0 radical (unpaired) electrons. The molecule has 0 aliphatic rings. The minimum Gasteiger partial charge on any atom is -0.478 e. The summed E-state index contributed by atoms with van der Waals surface area (Å²) in [5.74, 6) is -1.10. The van der Waals surface area contributed by atoms with Crippen molar-refractivity contribution in [1.29, 1.82) is 0 Å². The topological polar surface area (TPSA) is 98.3 Å². The van der Waals surface area contributed by atoms with Crippen LogP contribution >= 0.6 is 11.6 Å². The van der Waals surface area contributed by atoms with Gasteiger partial charge < -0.3 is 5.11 Å². The van der Waals surface area contributed by atoms with Gasteiger partial charge in [0.25, 0.3) is 0 Å². The number of carboxylic acids is 1. The number of carboxylic acid groups (broad SMARTS) is 1. The zero-order valence-corrected chi connectivity index (χ0v) is 9.53. The van der Waals surface area contributed by atoms with Gasteiger partial charge in [-0.15, -0.1) is 0 Å². The Morgan fingerprint density at radius 3 is 2.72 bits per heavy atom. The van der Waals surface area contributed by atoms with Gasteiger partial charge in [-0.2, -0.15) is 5.10 Å². The molecule has 0 atom stereocenters. The Morgan fingerprint density at radius 1 is 1.50 bits per heavy atom. The molecule has 2 rings (SSSR count). The van der Waals surface area contributed by atoms with Gasteiger partial charge in [-0.25, -0.2) is 9.48 Å². The quantitative estimate of drug-likeness (QED) is 0.678. The van der Waals surface area contributed by atoms with Gasteiger partial charge in [0.2, 0.25) is 0 Å². The molecule has 0 unspecified atom stereocenters. The third-order valence-corrected chi connectivity index (χ3v) is 2.52.